The Balaban J connectivity index is 1.21. The molecule has 1 aliphatic heterocycles. The molecule has 1 aliphatic rings. The first-order valence-corrected chi connectivity index (χ1v) is 10.8. The lowest BCUT2D eigenvalue weighted by Crippen LogP contribution is -2.49. The molecule has 8 nitrogen and oxygen atoms in total. The van der Waals surface area contributed by atoms with Crippen molar-refractivity contribution in [3.63, 3.8) is 0 Å². The Kier molecular flexibility index (Phi) is 6.99. The second kappa shape index (κ2) is 10.3. The lowest BCUT2D eigenvalue weighted by atomic mass is 10.1. The zero-order valence-corrected chi connectivity index (χ0v) is 18.2. The summed E-state index contributed by atoms with van der Waals surface area (Å²) in [7, 11) is 1.78. The fourth-order valence-corrected chi connectivity index (χ4v) is 3.67. The molecule has 0 radical (unpaired) electrons. The van der Waals surface area contributed by atoms with E-state index in [9.17, 15) is 0 Å². The van der Waals surface area contributed by atoms with Crippen molar-refractivity contribution in [2.45, 2.75) is 25.3 Å². The highest BCUT2D eigenvalue weighted by Crippen LogP contribution is 2.19. The van der Waals surface area contributed by atoms with Crippen molar-refractivity contribution in [2.75, 3.05) is 31.6 Å². The van der Waals surface area contributed by atoms with Gasteiger partial charge in [-0.15, -0.1) is 0 Å². The number of aromatic nitrogens is 3. The predicted octanol–water partition coefficient (Wildman–Crippen LogP) is 3.16. The van der Waals surface area contributed by atoms with E-state index < -0.39 is 0 Å². The smallest absolute Gasteiger partial charge is 0.228 e. The number of pyridine rings is 1. The van der Waals surface area contributed by atoms with Crippen molar-refractivity contribution < 1.29 is 4.52 Å². The van der Waals surface area contributed by atoms with Gasteiger partial charge < -0.3 is 20.1 Å². The van der Waals surface area contributed by atoms with Gasteiger partial charge in [0.1, 0.15) is 5.82 Å². The molecule has 9 heteroatoms. The first-order chi connectivity index (χ1) is 15.2. The molecule has 1 saturated heterocycles. The number of hydrogen-bond acceptors (Lipinski definition) is 6. The third kappa shape index (κ3) is 5.73. The van der Waals surface area contributed by atoms with Crippen LogP contribution < -0.4 is 15.5 Å². The molecular formula is C22H26ClN7O. The monoisotopic (exact) mass is 439 g/mol. The van der Waals surface area contributed by atoms with Crippen LogP contribution in [-0.4, -0.2) is 53.8 Å². The Labute approximate surface area is 186 Å². The third-order valence-corrected chi connectivity index (χ3v) is 5.49. The number of nitrogens with zero attached hydrogens (tertiary/aromatic N) is 5. The highest BCUT2D eigenvalue weighted by atomic mass is 35.5. The summed E-state index contributed by atoms with van der Waals surface area (Å²) in [6, 6.07) is 13.8. The maximum Gasteiger partial charge on any atom is 0.228 e. The maximum absolute atomic E-state index is 5.93. The van der Waals surface area contributed by atoms with Crippen molar-refractivity contribution in [1.82, 2.24) is 25.8 Å². The van der Waals surface area contributed by atoms with E-state index in [1.54, 1.807) is 7.05 Å². The average Bonchev–Trinajstić information content (AvgIpc) is 3.29. The second-order valence-electron chi connectivity index (χ2n) is 7.36. The van der Waals surface area contributed by atoms with Gasteiger partial charge in [0.25, 0.3) is 0 Å². The van der Waals surface area contributed by atoms with E-state index in [0.29, 0.717) is 35.7 Å². The normalized spacial score (nSPS) is 15.2. The molecule has 0 amide bonds. The van der Waals surface area contributed by atoms with Gasteiger partial charge in [-0.2, -0.15) is 4.98 Å². The van der Waals surface area contributed by atoms with Gasteiger partial charge in [-0.3, -0.25) is 4.99 Å². The molecule has 0 spiro atoms. The van der Waals surface area contributed by atoms with E-state index in [1.165, 1.54) is 0 Å². The molecule has 0 unspecified atom stereocenters. The van der Waals surface area contributed by atoms with Crippen LogP contribution in [0.3, 0.4) is 0 Å². The van der Waals surface area contributed by atoms with Gasteiger partial charge in [0.15, 0.2) is 5.96 Å². The molecular weight excluding hydrogens is 414 g/mol. The number of hydrogen-bond donors (Lipinski definition) is 2. The lowest BCUT2D eigenvalue weighted by molar-refractivity contribution is 0.378. The Bertz CT molecular complexity index is 983. The number of rotatable bonds is 6. The van der Waals surface area contributed by atoms with E-state index in [-0.39, 0.29) is 0 Å². The zero-order chi connectivity index (χ0) is 21.5. The standard InChI is InChI=1S/C22H26ClN7O/c1-24-22(27-18-10-14-30(15-11-18)19-4-2-3-12-25-19)26-13-9-20-28-21(29-31-20)16-5-7-17(23)8-6-16/h2-8,12,18H,9-11,13-15H2,1H3,(H2,24,26,27). The van der Waals surface area contributed by atoms with Crippen LogP contribution >= 0.6 is 11.6 Å². The molecule has 3 heterocycles. The van der Waals surface area contributed by atoms with Crippen molar-refractivity contribution in [2.24, 2.45) is 4.99 Å². The van der Waals surface area contributed by atoms with Crippen molar-refractivity contribution in [3.8, 4) is 11.4 Å². The number of benzene rings is 1. The summed E-state index contributed by atoms with van der Waals surface area (Å²) in [5.74, 6) is 2.97. The Morgan fingerprint density at radius 1 is 1.19 bits per heavy atom. The highest BCUT2D eigenvalue weighted by Gasteiger charge is 2.20. The Morgan fingerprint density at radius 2 is 2.00 bits per heavy atom. The SMILES string of the molecule is CN=C(NCCc1nc(-c2ccc(Cl)cc2)no1)NC1CCN(c2ccccn2)CC1. The molecule has 1 aromatic carbocycles. The highest BCUT2D eigenvalue weighted by molar-refractivity contribution is 6.30. The minimum Gasteiger partial charge on any atom is -0.356 e. The van der Waals surface area contributed by atoms with Gasteiger partial charge in [0, 0.05) is 55.9 Å². The fourth-order valence-electron chi connectivity index (χ4n) is 3.54. The molecule has 2 N–H and O–H groups in total. The van der Waals surface area contributed by atoms with E-state index in [2.05, 4.69) is 41.7 Å². The summed E-state index contributed by atoms with van der Waals surface area (Å²) in [4.78, 5) is 15.6. The van der Waals surface area contributed by atoms with Crippen molar-refractivity contribution >= 4 is 23.4 Å². The van der Waals surface area contributed by atoms with Gasteiger partial charge >= 0.3 is 0 Å². The van der Waals surface area contributed by atoms with Crippen molar-refractivity contribution in [1.29, 1.82) is 0 Å². The fraction of sp³-hybridized carbons (Fsp3) is 0.364. The van der Waals surface area contributed by atoms with Gasteiger partial charge in [0.05, 0.1) is 0 Å². The molecule has 31 heavy (non-hydrogen) atoms. The van der Waals surface area contributed by atoms with Gasteiger partial charge in [-0.1, -0.05) is 22.8 Å². The van der Waals surface area contributed by atoms with E-state index in [0.717, 1.165) is 43.3 Å². The first kappa shape index (κ1) is 21.1. The van der Waals surface area contributed by atoms with Gasteiger partial charge in [-0.25, -0.2) is 4.98 Å². The summed E-state index contributed by atoms with van der Waals surface area (Å²) >= 11 is 5.93. The van der Waals surface area contributed by atoms with E-state index in [4.69, 9.17) is 16.1 Å². The molecule has 3 aromatic rings. The summed E-state index contributed by atoms with van der Waals surface area (Å²) in [5.41, 5.74) is 0.877. The topological polar surface area (TPSA) is 91.5 Å². The van der Waals surface area contributed by atoms with E-state index >= 15 is 0 Å². The van der Waals surface area contributed by atoms with Crippen LogP contribution in [0.4, 0.5) is 5.82 Å². The number of anilines is 1. The minimum atomic E-state index is 0.381. The molecule has 4 rings (SSSR count). The van der Waals surface area contributed by atoms with Crippen LogP contribution in [-0.2, 0) is 6.42 Å². The van der Waals surface area contributed by atoms with Crippen molar-refractivity contribution in [3.05, 3.63) is 59.6 Å². The Hall–Kier alpha value is -3.13. The van der Waals surface area contributed by atoms with Crippen LogP contribution in [0.5, 0.6) is 0 Å². The zero-order valence-electron chi connectivity index (χ0n) is 17.5. The minimum absolute atomic E-state index is 0.381. The molecule has 0 bridgehead atoms. The summed E-state index contributed by atoms with van der Waals surface area (Å²) in [6.45, 7) is 2.59. The summed E-state index contributed by atoms with van der Waals surface area (Å²) in [6.07, 6.45) is 4.52. The van der Waals surface area contributed by atoms with Crippen LogP contribution in [0.15, 0.2) is 58.2 Å². The van der Waals surface area contributed by atoms with E-state index in [1.807, 2.05) is 42.6 Å². The number of halogens is 1. The molecule has 0 saturated carbocycles. The number of piperidine rings is 1. The maximum atomic E-state index is 5.93. The van der Waals surface area contributed by atoms with Crippen LogP contribution in [0, 0.1) is 0 Å². The molecule has 2 aromatic heterocycles. The lowest BCUT2D eigenvalue weighted by Gasteiger charge is -2.33. The average molecular weight is 440 g/mol. The third-order valence-electron chi connectivity index (χ3n) is 5.23. The Morgan fingerprint density at radius 3 is 2.71 bits per heavy atom. The number of nitrogens with one attached hydrogen (secondary N) is 2. The molecule has 0 atom stereocenters. The van der Waals surface area contributed by atoms with Gasteiger partial charge in [0.2, 0.25) is 11.7 Å². The second-order valence-corrected chi connectivity index (χ2v) is 7.80. The predicted molar refractivity (Wildman–Crippen MR) is 122 cm³/mol. The summed E-state index contributed by atoms with van der Waals surface area (Å²) in [5, 5.41) is 11.6. The largest absolute Gasteiger partial charge is 0.356 e. The van der Waals surface area contributed by atoms with Gasteiger partial charge in [-0.05, 0) is 49.2 Å². The molecule has 1 fully saturated rings. The molecule has 0 aliphatic carbocycles. The van der Waals surface area contributed by atoms with Crippen LogP contribution in [0.25, 0.3) is 11.4 Å². The van der Waals surface area contributed by atoms with Crippen LogP contribution in [0.1, 0.15) is 18.7 Å². The summed E-state index contributed by atoms with van der Waals surface area (Å²) < 4.78 is 5.36. The number of aliphatic imine (C=N–C) groups is 1. The molecule has 162 valence electrons. The quantitative estimate of drug-likeness (QED) is 0.450. The van der Waals surface area contributed by atoms with Crippen LogP contribution in [0.2, 0.25) is 5.02 Å². The number of guanidine groups is 1. The first-order valence-electron chi connectivity index (χ1n) is 10.4.